The Balaban J connectivity index is 1.92. The molecule has 7 nitrogen and oxygen atoms in total. The molecule has 0 spiro atoms. The summed E-state index contributed by atoms with van der Waals surface area (Å²) in [7, 11) is 3.52. The van der Waals surface area contributed by atoms with E-state index in [0.717, 1.165) is 28.6 Å². The molecule has 3 heterocycles. The molecule has 142 valence electrons. The Kier molecular flexibility index (Phi) is 5.46. The zero-order valence-corrected chi connectivity index (χ0v) is 16.8. The Bertz CT molecular complexity index is 1020. The molecule has 0 aliphatic heterocycles. The molecule has 8 heteroatoms. The highest BCUT2D eigenvalue weighted by molar-refractivity contribution is 7.17. The summed E-state index contributed by atoms with van der Waals surface area (Å²) in [5.41, 5.74) is 2.12. The van der Waals surface area contributed by atoms with E-state index in [0.29, 0.717) is 22.9 Å². The van der Waals surface area contributed by atoms with E-state index in [1.807, 2.05) is 37.9 Å². The van der Waals surface area contributed by atoms with Crippen molar-refractivity contribution in [2.45, 2.75) is 20.4 Å². The SMILES string of the molecule is C=C(NCC)c1c(C)sc2nc(CN(C)c3ccc(OC)cn3)cc(=O)n12. The van der Waals surface area contributed by atoms with Gasteiger partial charge >= 0.3 is 0 Å². The second-order valence-electron chi connectivity index (χ2n) is 6.13. The van der Waals surface area contributed by atoms with E-state index < -0.39 is 0 Å². The minimum absolute atomic E-state index is 0.107. The second-order valence-corrected chi connectivity index (χ2v) is 7.31. The van der Waals surface area contributed by atoms with Crippen molar-refractivity contribution < 1.29 is 4.74 Å². The predicted octanol–water partition coefficient (Wildman–Crippen LogP) is 2.68. The number of nitrogens with zero attached hydrogens (tertiary/aromatic N) is 4. The van der Waals surface area contributed by atoms with Gasteiger partial charge in [-0.2, -0.15) is 0 Å². The molecule has 0 aliphatic carbocycles. The third-order valence-corrected chi connectivity index (χ3v) is 5.12. The molecule has 0 saturated carbocycles. The van der Waals surface area contributed by atoms with Gasteiger partial charge in [0.25, 0.3) is 5.56 Å². The summed E-state index contributed by atoms with van der Waals surface area (Å²) in [6, 6.07) is 5.30. The molecule has 0 atom stereocenters. The lowest BCUT2D eigenvalue weighted by molar-refractivity contribution is 0.413. The number of aryl methyl sites for hydroxylation is 1. The molecule has 0 aliphatic rings. The lowest BCUT2D eigenvalue weighted by Crippen LogP contribution is -2.23. The minimum atomic E-state index is -0.107. The van der Waals surface area contributed by atoms with Crippen molar-refractivity contribution in [1.82, 2.24) is 19.7 Å². The third kappa shape index (κ3) is 3.80. The number of anilines is 1. The fourth-order valence-electron chi connectivity index (χ4n) is 2.89. The van der Waals surface area contributed by atoms with Gasteiger partial charge in [0.15, 0.2) is 4.96 Å². The van der Waals surface area contributed by atoms with Gasteiger partial charge in [0.2, 0.25) is 0 Å². The molecule has 0 radical (unpaired) electrons. The summed E-state index contributed by atoms with van der Waals surface area (Å²) < 4.78 is 6.76. The van der Waals surface area contributed by atoms with Crippen LogP contribution in [0.15, 0.2) is 35.8 Å². The second kappa shape index (κ2) is 7.79. The van der Waals surface area contributed by atoms with Crippen LogP contribution >= 0.6 is 11.3 Å². The topological polar surface area (TPSA) is 71.8 Å². The van der Waals surface area contributed by atoms with Crippen molar-refractivity contribution in [3.05, 3.63) is 57.6 Å². The van der Waals surface area contributed by atoms with E-state index in [4.69, 9.17) is 4.74 Å². The predicted molar refractivity (Wildman–Crippen MR) is 110 cm³/mol. The van der Waals surface area contributed by atoms with Crippen LogP contribution in [0.25, 0.3) is 10.7 Å². The zero-order valence-electron chi connectivity index (χ0n) is 15.9. The number of ether oxygens (including phenoxy) is 1. The normalized spacial score (nSPS) is 10.8. The monoisotopic (exact) mass is 385 g/mol. The number of methoxy groups -OCH3 is 1. The van der Waals surface area contributed by atoms with Gasteiger partial charge in [0, 0.05) is 24.5 Å². The average molecular weight is 385 g/mol. The molecule has 0 bridgehead atoms. The number of fused-ring (bicyclic) bond motifs is 1. The Labute approximate surface area is 162 Å². The standard InChI is InChI=1S/C19H23N5O2S/c1-6-20-12(2)18-13(3)27-19-22-14(9-17(25)24(18)19)11-23(4)16-8-7-15(26-5)10-21-16/h7-10,20H,2,6,11H2,1,3-5H3. The van der Waals surface area contributed by atoms with Crippen LogP contribution in [0.5, 0.6) is 5.75 Å². The van der Waals surface area contributed by atoms with Crippen LogP contribution in [0.4, 0.5) is 5.82 Å². The molecule has 0 aromatic carbocycles. The highest BCUT2D eigenvalue weighted by Crippen LogP contribution is 2.24. The fourth-order valence-corrected chi connectivity index (χ4v) is 3.91. The zero-order chi connectivity index (χ0) is 19.6. The molecule has 3 rings (SSSR count). The van der Waals surface area contributed by atoms with Crippen LogP contribution in [-0.4, -0.2) is 35.1 Å². The Morgan fingerprint density at radius 1 is 1.44 bits per heavy atom. The van der Waals surface area contributed by atoms with E-state index in [-0.39, 0.29) is 5.56 Å². The van der Waals surface area contributed by atoms with Crippen molar-refractivity contribution in [3.8, 4) is 5.75 Å². The van der Waals surface area contributed by atoms with Crippen molar-refractivity contribution >= 4 is 27.8 Å². The lowest BCUT2D eigenvalue weighted by Gasteiger charge is -2.17. The van der Waals surface area contributed by atoms with E-state index in [1.165, 1.54) is 11.3 Å². The van der Waals surface area contributed by atoms with Gasteiger partial charge in [-0.15, -0.1) is 11.3 Å². The molecule has 27 heavy (non-hydrogen) atoms. The summed E-state index contributed by atoms with van der Waals surface area (Å²) in [6.45, 7) is 9.24. The average Bonchev–Trinajstić information content (AvgIpc) is 2.98. The fraction of sp³-hybridized carbons (Fsp3) is 0.316. The number of pyridine rings is 1. The highest BCUT2D eigenvalue weighted by Gasteiger charge is 2.16. The highest BCUT2D eigenvalue weighted by atomic mass is 32.1. The van der Waals surface area contributed by atoms with E-state index in [2.05, 4.69) is 21.9 Å². The van der Waals surface area contributed by atoms with Gasteiger partial charge in [0.05, 0.1) is 36.9 Å². The van der Waals surface area contributed by atoms with Crippen LogP contribution in [0, 0.1) is 6.92 Å². The molecule has 0 fully saturated rings. The maximum absolute atomic E-state index is 12.8. The molecule has 0 unspecified atom stereocenters. The van der Waals surface area contributed by atoms with Gasteiger partial charge in [-0.25, -0.2) is 14.4 Å². The largest absolute Gasteiger partial charge is 0.495 e. The van der Waals surface area contributed by atoms with Crippen molar-refractivity contribution in [2.24, 2.45) is 0 Å². The van der Waals surface area contributed by atoms with Crippen LogP contribution in [0.2, 0.25) is 0 Å². The Hall–Kier alpha value is -2.87. The van der Waals surface area contributed by atoms with Gasteiger partial charge in [-0.05, 0) is 26.0 Å². The summed E-state index contributed by atoms with van der Waals surface area (Å²) in [5.74, 6) is 1.48. The van der Waals surface area contributed by atoms with Gasteiger partial charge in [0.1, 0.15) is 11.6 Å². The Morgan fingerprint density at radius 2 is 2.22 bits per heavy atom. The van der Waals surface area contributed by atoms with Crippen molar-refractivity contribution in [2.75, 3.05) is 25.6 Å². The first-order chi connectivity index (χ1) is 12.9. The number of hydrogen-bond donors (Lipinski definition) is 1. The van der Waals surface area contributed by atoms with Crippen LogP contribution in [0.3, 0.4) is 0 Å². The quantitative estimate of drug-likeness (QED) is 0.674. The number of aromatic nitrogens is 3. The summed E-state index contributed by atoms with van der Waals surface area (Å²) in [5, 5.41) is 3.18. The Morgan fingerprint density at radius 3 is 2.85 bits per heavy atom. The molecule has 0 saturated heterocycles. The molecule has 0 amide bonds. The number of thiazole rings is 1. The summed E-state index contributed by atoms with van der Waals surface area (Å²) >= 11 is 1.49. The maximum atomic E-state index is 12.8. The van der Waals surface area contributed by atoms with Crippen LogP contribution in [0.1, 0.15) is 23.2 Å². The van der Waals surface area contributed by atoms with Gasteiger partial charge < -0.3 is 15.0 Å². The first-order valence-corrected chi connectivity index (χ1v) is 9.42. The van der Waals surface area contributed by atoms with Gasteiger partial charge in [-0.3, -0.25) is 4.79 Å². The number of hydrogen-bond acceptors (Lipinski definition) is 7. The maximum Gasteiger partial charge on any atom is 0.259 e. The summed E-state index contributed by atoms with van der Waals surface area (Å²) in [6.07, 6.45) is 1.67. The number of nitrogens with one attached hydrogen (secondary N) is 1. The van der Waals surface area contributed by atoms with Crippen LogP contribution < -0.4 is 20.5 Å². The minimum Gasteiger partial charge on any atom is -0.495 e. The molecule has 3 aromatic heterocycles. The van der Waals surface area contributed by atoms with E-state index in [9.17, 15) is 4.79 Å². The lowest BCUT2D eigenvalue weighted by atomic mass is 10.3. The molecule has 3 aromatic rings. The molecule has 1 N–H and O–H groups in total. The first-order valence-electron chi connectivity index (χ1n) is 8.61. The summed E-state index contributed by atoms with van der Waals surface area (Å²) in [4.78, 5) is 25.4. The van der Waals surface area contributed by atoms with Crippen molar-refractivity contribution in [1.29, 1.82) is 0 Å². The third-order valence-electron chi connectivity index (χ3n) is 4.17. The molecular weight excluding hydrogens is 362 g/mol. The smallest absolute Gasteiger partial charge is 0.259 e. The van der Waals surface area contributed by atoms with E-state index >= 15 is 0 Å². The number of rotatable bonds is 7. The molecular formula is C19H23N5O2S. The van der Waals surface area contributed by atoms with Crippen LogP contribution in [-0.2, 0) is 6.54 Å². The first kappa shape index (κ1) is 18.9. The van der Waals surface area contributed by atoms with Gasteiger partial charge in [-0.1, -0.05) is 6.58 Å². The van der Waals surface area contributed by atoms with E-state index in [1.54, 1.807) is 23.8 Å². The van der Waals surface area contributed by atoms with Crippen molar-refractivity contribution in [3.63, 3.8) is 0 Å².